The van der Waals surface area contributed by atoms with E-state index in [9.17, 15) is 5.11 Å². The van der Waals surface area contributed by atoms with Gasteiger partial charge in [-0.1, -0.05) is 12.1 Å². The molecule has 0 aliphatic rings. The van der Waals surface area contributed by atoms with E-state index in [0.29, 0.717) is 6.61 Å². The normalized spacial score (nSPS) is 10.7. The number of aromatic hydroxyl groups is 1. The summed E-state index contributed by atoms with van der Waals surface area (Å²) in [6, 6.07) is 10.9. The monoisotopic (exact) mass is 308 g/mol. The topological polar surface area (TPSA) is 65.5 Å². The zero-order valence-corrected chi connectivity index (χ0v) is 12.6. The van der Waals surface area contributed by atoms with Crippen LogP contribution < -0.4 is 22.3 Å². The summed E-state index contributed by atoms with van der Waals surface area (Å²) in [5.74, 6) is 0.957. The third-order valence-corrected chi connectivity index (χ3v) is 2.76. The molecule has 2 aromatic rings. The lowest BCUT2D eigenvalue weighted by molar-refractivity contribution is -0.758. The Kier molecular flexibility index (Phi) is 6.49. The number of benzene rings is 1. The van der Waals surface area contributed by atoms with E-state index in [1.807, 2.05) is 31.2 Å². The molecule has 1 aromatic carbocycles. The van der Waals surface area contributed by atoms with Crippen molar-refractivity contribution in [3.8, 4) is 11.5 Å². The van der Waals surface area contributed by atoms with E-state index in [2.05, 4.69) is 10.1 Å². The number of hydrogen-bond donors (Lipinski definition) is 2. The molecule has 0 fully saturated rings. The molecule has 2 N–H and O–H groups in total. The summed E-state index contributed by atoms with van der Waals surface area (Å²) in [5.41, 5.74) is 2.53. The highest BCUT2D eigenvalue weighted by molar-refractivity contribution is 5.92. The Labute approximate surface area is 129 Å². The predicted molar refractivity (Wildman–Crippen MR) is 74.4 cm³/mol. The molecule has 5 nitrogen and oxygen atoms in total. The lowest BCUT2D eigenvalue weighted by Crippen LogP contribution is -3.00. The minimum atomic E-state index is 0. The van der Waals surface area contributed by atoms with E-state index in [0.717, 1.165) is 22.7 Å². The Bertz CT molecular complexity index is 583. The van der Waals surface area contributed by atoms with Crippen LogP contribution in [0.3, 0.4) is 0 Å². The van der Waals surface area contributed by atoms with Gasteiger partial charge in [0.1, 0.15) is 17.2 Å². The second-order valence-corrected chi connectivity index (χ2v) is 4.27. The first-order valence-corrected chi connectivity index (χ1v) is 6.18. The number of nitrogens with zero attached hydrogens (tertiary/aromatic N) is 1. The SMILES string of the molecule is COc1ccc(CO[NH+]=C(C)c2ccc(O)cn2)cc1.[Cl-]. The first kappa shape index (κ1) is 16.8. The third-order valence-electron chi connectivity index (χ3n) is 2.76. The number of aromatic nitrogens is 1. The molecular weight excluding hydrogens is 292 g/mol. The van der Waals surface area contributed by atoms with Gasteiger partial charge in [-0.05, 0) is 35.0 Å². The summed E-state index contributed by atoms with van der Waals surface area (Å²) < 4.78 is 5.09. The van der Waals surface area contributed by atoms with Gasteiger partial charge in [0.2, 0.25) is 5.71 Å². The molecule has 0 aliphatic carbocycles. The van der Waals surface area contributed by atoms with Crippen LogP contribution in [0.15, 0.2) is 42.6 Å². The van der Waals surface area contributed by atoms with Gasteiger partial charge in [0.15, 0.2) is 6.61 Å². The van der Waals surface area contributed by atoms with Crippen LogP contribution in [0.4, 0.5) is 0 Å². The van der Waals surface area contributed by atoms with Gasteiger partial charge in [0.05, 0.1) is 13.3 Å². The van der Waals surface area contributed by atoms with Crippen LogP contribution in [0.1, 0.15) is 18.2 Å². The second-order valence-electron chi connectivity index (χ2n) is 4.27. The third kappa shape index (κ3) is 4.96. The van der Waals surface area contributed by atoms with E-state index in [-0.39, 0.29) is 18.2 Å². The first-order chi connectivity index (χ1) is 9.69. The second kappa shape index (κ2) is 8.11. The maximum Gasteiger partial charge on any atom is 0.247 e. The minimum Gasteiger partial charge on any atom is -1.00 e. The van der Waals surface area contributed by atoms with E-state index < -0.39 is 0 Å². The number of ether oxygens (including phenoxy) is 1. The van der Waals surface area contributed by atoms with Crippen molar-refractivity contribution in [1.82, 2.24) is 4.98 Å². The zero-order valence-electron chi connectivity index (χ0n) is 11.8. The molecule has 0 bridgehead atoms. The molecule has 0 amide bonds. The standard InChI is InChI=1S/C15H16N2O3.ClH/c1-11(15-8-5-13(18)9-16-15)17-20-10-12-3-6-14(19-2)7-4-12;/h3-9,18H,10H2,1-2H3;1H. The Morgan fingerprint density at radius 2 is 1.90 bits per heavy atom. The number of hydrogen-bond acceptors (Lipinski definition) is 4. The van der Waals surface area contributed by atoms with Crippen molar-refractivity contribution in [2.75, 3.05) is 7.11 Å². The smallest absolute Gasteiger partial charge is 0.247 e. The zero-order chi connectivity index (χ0) is 14.4. The minimum absolute atomic E-state index is 0. The highest BCUT2D eigenvalue weighted by Gasteiger charge is 2.06. The molecule has 0 saturated carbocycles. The quantitative estimate of drug-likeness (QED) is 0.487. The van der Waals surface area contributed by atoms with Crippen molar-refractivity contribution in [3.63, 3.8) is 0 Å². The number of nitrogens with one attached hydrogen (secondary N) is 1. The van der Waals surface area contributed by atoms with Crippen LogP contribution in [0, 0.1) is 0 Å². The van der Waals surface area contributed by atoms with E-state index in [1.54, 1.807) is 19.2 Å². The fourth-order valence-electron chi connectivity index (χ4n) is 1.61. The van der Waals surface area contributed by atoms with Gasteiger partial charge in [-0.2, -0.15) is 0 Å². The maximum atomic E-state index is 9.17. The predicted octanol–water partition coefficient (Wildman–Crippen LogP) is -2.18. The van der Waals surface area contributed by atoms with Crippen LogP contribution in [-0.4, -0.2) is 22.9 Å². The lowest BCUT2D eigenvalue weighted by atomic mass is 10.2. The highest BCUT2D eigenvalue weighted by atomic mass is 35.5. The molecule has 0 spiro atoms. The van der Waals surface area contributed by atoms with Gasteiger partial charge in [0.25, 0.3) is 0 Å². The molecule has 0 aliphatic heterocycles. The molecule has 0 saturated heterocycles. The molecule has 21 heavy (non-hydrogen) atoms. The van der Waals surface area contributed by atoms with Gasteiger partial charge in [0, 0.05) is 6.92 Å². The fourth-order valence-corrected chi connectivity index (χ4v) is 1.61. The van der Waals surface area contributed by atoms with Crippen molar-refractivity contribution in [1.29, 1.82) is 0 Å². The molecule has 1 aromatic heterocycles. The van der Waals surface area contributed by atoms with Crippen LogP contribution >= 0.6 is 0 Å². The van der Waals surface area contributed by atoms with Gasteiger partial charge >= 0.3 is 0 Å². The first-order valence-electron chi connectivity index (χ1n) is 6.18. The van der Waals surface area contributed by atoms with Crippen LogP contribution in [0.2, 0.25) is 0 Å². The molecular formula is C15H17ClN2O3. The van der Waals surface area contributed by atoms with E-state index >= 15 is 0 Å². The molecule has 2 rings (SSSR count). The van der Waals surface area contributed by atoms with Gasteiger partial charge < -0.3 is 22.3 Å². The number of rotatable bonds is 5. The van der Waals surface area contributed by atoms with Crippen molar-refractivity contribution in [3.05, 3.63) is 53.9 Å². The summed E-state index contributed by atoms with van der Waals surface area (Å²) in [6.07, 6.45) is 1.39. The van der Waals surface area contributed by atoms with Crippen molar-refractivity contribution >= 4 is 5.71 Å². The lowest BCUT2D eigenvalue weighted by Gasteiger charge is -2.00. The maximum absolute atomic E-state index is 9.17. The fraction of sp³-hybridized carbons (Fsp3) is 0.200. The van der Waals surface area contributed by atoms with Crippen molar-refractivity contribution in [2.45, 2.75) is 13.5 Å². The summed E-state index contributed by atoms with van der Waals surface area (Å²) in [4.78, 5) is 9.49. The Morgan fingerprint density at radius 3 is 2.48 bits per heavy atom. The van der Waals surface area contributed by atoms with Gasteiger partial charge in [-0.15, -0.1) is 0 Å². The molecule has 0 atom stereocenters. The molecule has 112 valence electrons. The van der Waals surface area contributed by atoms with E-state index in [4.69, 9.17) is 9.57 Å². The molecule has 6 heteroatoms. The highest BCUT2D eigenvalue weighted by Crippen LogP contribution is 2.11. The largest absolute Gasteiger partial charge is 1.00 e. The summed E-state index contributed by atoms with van der Waals surface area (Å²) >= 11 is 0. The summed E-state index contributed by atoms with van der Waals surface area (Å²) in [7, 11) is 1.63. The number of halogens is 1. The van der Waals surface area contributed by atoms with Gasteiger partial charge in [-0.25, -0.2) is 4.98 Å². The Hall–Kier alpha value is -2.27. The number of methoxy groups -OCH3 is 1. The van der Waals surface area contributed by atoms with Gasteiger partial charge in [-0.3, -0.25) is 4.84 Å². The molecule has 0 radical (unpaired) electrons. The van der Waals surface area contributed by atoms with Crippen LogP contribution in [-0.2, 0) is 11.4 Å². The van der Waals surface area contributed by atoms with E-state index in [1.165, 1.54) is 6.20 Å². The summed E-state index contributed by atoms with van der Waals surface area (Å²) in [5, 5.41) is 12.0. The molecule has 1 heterocycles. The summed E-state index contributed by atoms with van der Waals surface area (Å²) in [6.45, 7) is 2.28. The van der Waals surface area contributed by atoms with Crippen molar-refractivity contribution in [2.24, 2.45) is 0 Å². The average molecular weight is 309 g/mol. The van der Waals surface area contributed by atoms with Crippen LogP contribution in [0.25, 0.3) is 0 Å². The number of pyridine rings is 1. The Balaban J connectivity index is 0.00000220. The van der Waals surface area contributed by atoms with Crippen LogP contribution in [0.5, 0.6) is 11.5 Å². The molecule has 0 unspecified atom stereocenters. The van der Waals surface area contributed by atoms with Crippen molar-refractivity contribution < 1.29 is 32.2 Å². The average Bonchev–Trinajstić information content (AvgIpc) is 2.48. The Morgan fingerprint density at radius 1 is 1.19 bits per heavy atom.